The molecule has 0 radical (unpaired) electrons. The Morgan fingerprint density at radius 3 is 2.79 bits per heavy atom. The van der Waals surface area contributed by atoms with E-state index in [1.807, 2.05) is 6.92 Å². The van der Waals surface area contributed by atoms with Gasteiger partial charge in [0.05, 0.1) is 52.1 Å². The highest BCUT2D eigenvalue weighted by molar-refractivity contribution is 6.30. The molecule has 154 valence electrons. The molecule has 1 unspecified atom stereocenters. The van der Waals surface area contributed by atoms with E-state index in [1.165, 1.54) is 26.2 Å². The van der Waals surface area contributed by atoms with Gasteiger partial charge in [0.25, 0.3) is 5.91 Å². The number of nitrogens with one attached hydrogen (secondary N) is 2. The second-order valence-corrected chi connectivity index (χ2v) is 7.51. The van der Waals surface area contributed by atoms with E-state index in [4.69, 9.17) is 11.6 Å². The maximum Gasteiger partial charge on any atom is 0.255 e. The van der Waals surface area contributed by atoms with Gasteiger partial charge in [-0.05, 0) is 26.8 Å². The van der Waals surface area contributed by atoms with E-state index in [0.717, 1.165) is 0 Å². The molecule has 10 heteroatoms. The van der Waals surface area contributed by atoms with Crippen molar-refractivity contribution in [1.82, 2.24) is 24.9 Å². The molecule has 8 nitrogen and oxygen atoms in total. The number of hydrogen-bond acceptors (Lipinski definition) is 6. The van der Waals surface area contributed by atoms with Gasteiger partial charge < -0.3 is 15.7 Å². The molecule has 0 saturated carbocycles. The lowest BCUT2D eigenvalue weighted by atomic mass is 10.0. The molecular weight excluding hydrogens is 399 g/mol. The van der Waals surface area contributed by atoms with Crippen LogP contribution >= 0.6 is 11.6 Å². The highest BCUT2D eigenvalue weighted by Crippen LogP contribution is 2.26. The van der Waals surface area contributed by atoms with Gasteiger partial charge in [0.1, 0.15) is 6.17 Å². The van der Waals surface area contributed by atoms with Crippen LogP contribution in [-0.2, 0) is 0 Å². The third-order valence-corrected chi connectivity index (χ3v) is 4.52. The molecular formula is C19H22ClFN6O2. The summed E-state index contributed by atoms with van der Waals surface area (Å²) in [5, 5.41) is 20.0. The first-order valence-electron chi connectivity index (χ1n) is 9.08. The second kappa shape index (κ2) is 8.30. The molecule has 1 amide bonds. The van der Waals surface area contributed by atoms with E-state index in [-0.39, 0.29) is 12.1 Å². The molecule has 3 aromatic rings. The first-order valence-corrected chi connectivity index (χ1v) is 9.46. The first-order chi connectivity index (χ1) is 13.7. The van der Waals surface area contributed by atoms with Crippen molar-refractivity contribution in [3.8, 4) is 11.3 Å². The topological polar surface area (TPSA) is 104 Å². The van der Waals surface area contributed by atoms with Crippen molar-refractivity contribution in [2.75, 3.05) is 18.4 Å². The molecule has 3 N–H and O–H groups in total. The fraction of sp³-hybridized carbons (Fsp3) is 0.368. The average molecular weight is 421 g/mol. The van der Waals surface area contributed by atoms with Crippen LogP contribution < -0.4 is 10.6 Å². The molecule has 3 heterocycles. The lowest BCUT2D eigenvalue weighted by Gasteiger charge is -2.22. The minimum Gasteiger partial charge on any atom is -0.387 e. The highest BCUT2D eigenvalue weighted by atomic mass is 35.5. The minimum absolute atomic E-state index is 0.269. The van der Waals surface area contributed by atoms with Crippen LogP contribution in [0.5, 0.6) is 0 Å². The van der Waals surface area contributed by atoms with Crippen molar-refractivity contribution >= 4 is 28.8 Å². The Kier molecular flexibility index (Phi) is 5.99. The van der Waals surface area contributed by atoms with E-state index >= 15 is 0 Å². The number of alkyl halides is 1. The number of aliphatic hydroxyl groups is 1. The Morgan fingerprint density at radius 2 is 2.10 bits per heavy atom. The number of carbonyl (C=O) groups excluding carboxylic acids is 1. The van der Waals surface area contributed by atoms with E-state index in [0.29, 0.717) is 34.2 Å². The van der Waals surface area contributed by atoms with Crippen molar-refractivity contribution in [3.63, 3.8) is 0 Å². The zero-order chi connectivity index (χ0) is 21.2. The van der Waals surface area contributed by atoms with Crippen LogP contribution in [0.3, 0.4) is 0 Å². The second-order valence-electron chi connectivity index (χ2n) is 7.08. The van der Waals surface area contributed by atoms with Gasteiger partial charge in [0.2, 0.25) is 0 Å². The molecule has 0 aliphatic carbocycles. The first kappa shape index (κ1) is 20.9. The highest BCUT2D eigenvalue weighted by Gasteiger charge is 2.27. The number of carbonyl (C=O) groups is 1. The zero-order valence-corrected chi connectivity index (χ0v) is 17.0. The number of anilines is 1. The van der Waals surface area contributed by atoms with Crippen LogP contribution in [0.25, 0.3) is 16.9 Å². The van der Waals surface area contributed by atoms with Crippen LogP contribution in [0.4, 0.5) is 10.1 Å². The SMILES string of the molecule is CCNc1cc(-c2cnn3cc(Cl)cnc23)ncc1C(=O)NCC(F)C(C)(C)O. The molecule has 0 bridgehead atoms. The van der Waals surface area contributed by atoms with Crippen molar-refractivity contribution in [3.05, 3.63) is 41.4 Å². The van der Waals surface area contributed by atoms with E-state index in [2.05, 4.69) is 25.7 Å². The van der Waals surface area contributed by atoms with Crippen molar-refractivity contribution < 1.29 is 14.3 Å². The van der Waals surface area contributed by atoms with Crippen LogP contribution in [0.15, 0.2) is 30.9 Å². The van der Waals surface area contributed by atoms with E-state index < -0.39 is 17.7 Å². The maximum absolute atomic E-state index is 13.9. The quantitative estimate of drug-likeness (QED) is 0.543. The molecule has 0 saturated heterocycles. The van der Waals surface area contributed by atoms with Gasteiger partial charge >= 0.3 is 0 Å². The predicted molar refractivity (Wildman–Crippen MR) is 109 cm³/mol. The Bertz CT molecular complexity index is 1030. The molecule has 0 spiro atoms. The molecule has 29 heavy (non-hydrogen) atoms. The lowest BCUT2D eigenvalue weighted by Crippen LogP contribution is -2.42. The Labute approximate surface area is 172 Å². The number of rotatable bonds is 7. The Hall–Kier alpha value is -2.78. The number of halogens is 2. The third kappa shape index (κ3) is 4.63. The van der Waals surface area contributed by atoms with Gasteiger partial charge in [-0.2, -0.15) is 5.10 Å². The standard InChI is InChI=1S/C19H22ClFN6O2/c1-4-22-15-5-14(12-8-26-27-10-11(20)6-24-17(12)27)23-7-13(15)18(28)25-9-16(21)19(2,3)29/h5-8,10,16,29H,4,9H2,1-3H3,(H,22,23)(H,25,28). The van der Waals surface area contributed by atoms with Crippen LogP contribution in [0.1, 0.15) is 31.1 Å². The van der Waals surface area contributed by atoms with Gasteiger partial charge in [-0.3, -0.25) is 9.78 Å². The number of aromatic nitrogens is 4. The van der Waals surface area contributed by atoms with Gasteiger partial charge in [-0.15, -0.1) is 0 Å². The molecule has 3 rings (SSSR count). The zero-order valence-electron chi connectivity index (χ0n) is 16.3. The monoisotopic (exact) mass is 420 g/mol. The number of fused-ring (bicyclic) bond motifs is 1. The molecule has 0 fully saturated rings. The smallest absolute Gasteiger partial charge is 0.255 e. The van der Waals surface area contributed by atoms with Crippen molar-refractivity contribution in [2.45, 2.75) is 32.5 Å². The predicted octanol–water partition coefficient (Wildman–Crippen LogP) is 2.72. The Morgan fingerprint density at radius 1 is 1.34 bits per heavy atom. The van der Waals surface area contributed by atoms with Crippen LogP contribution in [0, 0.1) is 0 Å². The summed E-state index contributed by atoms with van der Waals surface area (Å²) in [7, 11) is 0. The molecule has 3 aromatic heterocycles. The largest absolute Gasteiger partial charge is 0.387 e. The van der Waals surface area contributed by atoms with Crippen molar-refractivity contribution in [2.24, 2.45) is 0 Å². The summed E-state index contributed by atoms with van der Waals surface area (Å²) in [5.41, 5.74) is 1.10. The number of nitrogens with zero attached hydrogens (tertiary/aromatic N) is 4. The van der Waals surface area contributed by atoms with Crippen molar-refractivity contribution in [1.29, 1.82) is 0 Å². The molecule has 1 atom stereocenters. The lowest BCUT2D eigenvalue weighted by molar-refractivity contribution is -0.00177. The summed E-state index contributed by atoms with van der Waals surface area (Å²) in [6.07, 6.45) is 4.59. The minimum atomic E-state index is -1.60. The summed E-state index contributed by atoms with van der Waals surface area (Å²) in [6, 6.07) is 1.72. The third-order valence-electron chi connectivity index (χ3n) is 4.33. The molecule has 0 aromatic carbocycles. The number of hydrogen-bond donors (Lipinski definition) is 3. The van der Waals surface area contributed by atoms with Gasteiger partial charge in [-0.25, -0.2) is 13.9 Å². The van der Waals surface area contributed by atoms with E-state index in [9.17, 15) is 14.3 Å². The molecule has 0 aliphatic heterocycles. The normalized spacial score (nSPS) is 12.8. The summed E-state index contributed by atoms with van der Waals surface area (Å²) in [6.45, 7) is 4.85. The fourth-order valence-electron chi connectivity index (χ4n) is 2.68. The summed E-state index contributed by atoms with van der Waals surface area (Å²) in [5.74, 6) is -0.489. The summed E-state index contributed by atoms with van der Waals surface area (Å²) in [4.78, 5) is 21.2. The summed E-state index contributed by atoms with van der Waals surface area (Å²) < 4.78 is 15.5. The van der Waals surface area contributed by atoms with Crippen LogP contribution in [-0.4, -0.2) is 55.5 Å². The van der Waals surface area contributed by atoms with Gasteiger partial charge in [-0.1, -0.05) is 11.6 Å². The average Bonchev–Trinajstić information content (AvgIpc) is 3.08. The van der Waals surface area contributed by atoms with Gasteiger partial charge in [0.15, 0.2) is 5.65 Å². The summed E-state index contributed by atoms with van der Waals surface area (Å²) >= 11 is 5.94. The Balaban J connectivity index is 1.89. The number of amides is 1. The van der Waals surface area contributed by atoms with Crippen LogP contribution in [0.2, 0.25) is 5.02 Å². The maximum atomic E-state index is 13.9. The fourth-order valence-corrected chi connectivity index (χ4v) is 2.82. The molecule has 0 aliphatic rings. The number of pyridine rings is 1. The van der Waals surface area contributed by atoms with E-state index in [1.54, 1.807) is 23.0 Å². The van der Waals surface area contributed by atoms with Gasteiger partial charge in [0, 0.05) is 18.9 Å².